The van der Waals surface area contributed by atoms with Crippen molar-refractivity contribution in [1.82, 2.24) is 0 Å². The standard InChI is InChI=1S/C20H25NO2S/c1-3-15(22)11-13-9-10-14(12-16(23)4-2)20-19(13)21-17-7-5-6-8-18(17)24-20/h5-10,15-16,21-23H,3-4,11-12H2,1-2H3. The van der Waals surface area contributed by atoms with E-state index < -0.39 is 0 Å². The molecule has 0 aliphatic carbocycles. The molecule has 1 aliphatic heterocycles. The molecular formula is C20H25NO2S. The number of aliphatic hydroxyl groups excluding tert-OH is 2. The van der Waals surface area contributed by atoms with E-state index in [1.807, 2.05) is 26.0 Å². The number of hydrogen-bond donors (Lipinski definition) is 3. The fraction of sp³-hybridized carbons (Fsp3) is 0.400. The largest absolute Gasteiger partial charge is 0.393 e. The Hall–Kier alpha value is -1.49. The number of para-hydroxylation sites is 1. The van der Waals surface area contributed by atoms with E-state index in [9.17, 15) is 10.2 Å². The van der Waals surface area contributed by atoms with Gasteiger partial charge in [0.2, 0.25) is 0 Å². The Morgan fingerprint density at radius 1 is 0.917 bits per heavy atom. The smallest absolute Gasteiger partial charge is 0.0578 e. The molecule has 128 valence electrons. The van der Waals surface area contributed by atoms with Crippen LogP contribution in [0.4, 0.5) is 11.4 Å². The Bertz CT molecular complexity index is 657. The lowest BCUT2D eigenvalue weighted by Gasteiger charge is -2.27. The average molecular weight is 343 g/mol. The average Bonchev–Trinajstić information content (AvgIpc) is 2.62. The van der Waals surface area contributed by atoms with Gasteiger partial charge in [0.25, 0.3) is 0 Å². The second-order valence-electron chi connectivity index (χ2n) is 6.34. The molecule has 24 heavy (non-hydrogen) atoms. The zero-order chi connectivity index (χ0) is 17.1. The number of fused-ring (bicyclic) bond motifs is 2. The quantitative estimate of drug-likeness (QED) is 0.616. The maximum absolute atomic E-state index is 10.1. The summed E-state index contributed by atoms with van der Waals surface area (Å²) in [6.45, 7) is 4.00. The molecule has 0 amide bonds. The molecule has 1 aliphatic rings. The topological polar surface area (TPSA) is 52.5 Å². The van der Waals surface area contributed by atoms with Crippen molar-refractivity contribution in [2.45, 2.75) is 61.5 Å². The molecule has 0 bridgehead atoms. The molecule has 3 rings (SSSR count). The van der Waals surface area contributed by atoms with E-state index in [1.165, 1.54) is 15.4 Å². The third kappa shape index (κ3) is 3.61. The van der Waals surface area contributed by atoms with Crippen molar-refractivity contribution >= 4 is 23.1 Å². The molecule has 0 fully saturated rings. The van der Waals surface area contributed by atoms with E-state index in [-0.39, 0.29) is 12.2 Å². The van der Waals surface area contributed by atoms with Gasteiger partial charge in [-0.15, -0.1) is 0 Å². The van der Waals surface area contributed by atoms with Crippen LogP contribution in [0, 0.1) is 0 Å². The van der Waals surface area contributed by atoms with Crippen molar-refractivity contribution in [2.75, 3.05) is 5.32 Å². The van der Waals surface area contributed by atoms with Gasteiger partial charge in [0.05, 0.1) is 23.6 Å². The van der Waals surface area contributed by atoms with E-state index in [1.54, 1.807) is 11.8 Å². The molecule has 4 heteroatoms. The van der Waals surface area contributed by atoms with Gasteiger partial charge in [-0.25, -0.2) is 0 Å². The first kappa shape index (κ1) is 17.3. The first-order chi connectivity index (χ1) is 11.6. The van der Waals surface area contributed by atoms with Crippen molar-refractivity contribution in [2.24, 2.45) is 0 Å². The van der Waals surface area contributed by atoms with Crippen molar-refractivity contribution in [3.05, 3.63) is 47.5 Å². The van der Waals surface area contributed by atoms with Crippen molar-refractivity contribution in [1.29, 1.82) is 0 Å². The third-order valence-corrected chi connectivity index (χ3v) is 5.78. The molecular weight excluding hydrogens is 318 g/mol. The molecule has 2 aromatic rings. The maximum atomic E-state index is 10.1. The molecule has 2 unspecified atom stereocenters. The number of hydrogen-bond acceptors (Lipinski definition) is 4. The highest BCUT2D eigenvalue weighted by molar-refractivity contribution is 7.99. The minimum absolute atomic E-state index is 0.320. The molecule has 0 radical (unpaired) electrons. The minimum Gasteiger partial charge on any atom is -0.393 e. The summed E-state index contributed by atoms with van der Waals surface area (Å²) in [6.07, 6.45) is 2.15. The zero-order valence-electron chi connectivity index (χ0n) is 14.2. The summed E-state index contributed by atoms with van der Waals surface area (Å²) in [4.78, 5) is 2.38. The molecule has 1 heterocycles. The van der Waals surface area contributed by atoms with Crippen LogP contribution < -0.4 is 5.32 Å². The number of nitrogens with one attached hydrogen (secondary N) is 1. The van der Waals surface area contributed by atoms with Crippen molar-refractivity contribution in [3.63, 3.8) is 0 Å². The Morgan fingerprint density at radius 3 is 2.25 bits per heavy atom. The van der Waals surface area contributed by atoms with Crippen LogP contribution in [0.1, 0.15) is 37.8 Å². The predicted molar refractivity (Wildman–Crippen MR) is 100 cm³/mol. The van der Waals surface area contributed by atoms with Crippen LogP contribution in [0.15, 0.2) is 46.2 Å². The van der Waals surface area contributed by atoms with Crippen LogP contribution in [0.25, 0.3) is 0 Å². The lowest BCUT2D eigenvalue weighted by molar-refractivity contribution is 0.169. The number of benzene rings is 2. The second-order valence-corrected chi connectivity index (χ2v) is 7.40. The Kier molecular flexibility index (Phi) is 5.49. The lowest BCUT2D eigenvalue weighted by atomic mass is 9.98. The summed E-state index contributed by atoms with van der Waals surface area (Å²) in [5.74, 6) is 0. The number of aliphatic hydroxyl groups is 2. The van der Waals surface area contributed by atoms with Crippen LogP contribution in [0.5, 0.6) is 0 Å². The Balaban J connectivity index is 2.01. The Labute approximate surface area is 148 Å². The molecule has 0 saturated carbocycles. The first-order valence-corrected chi connectivity index (χ1v) is 9.48. The van der Waals surface area contributed by atoms with E-state index >= 15 is 0 Å². The van der Waals surface area contributed by atoms with Gasteiger partial charge in [0, 0.05) is 16.2 Å². The monoisotopic (exact) mass is 343 g/mol. The van der Waals surface area contributed by atoms with Gasteiger partial charge in [0.15, 0.2) is 0 Å². The normalized spacial score (nSPS) is 15.2. The summed E-state index contributed by atoms with van der Waals surface area (Å²) in [6, 6.07) is 12.5. The van der Waals surface area contributed by atoms with Crippen molar-refractivity contribution in [3.8, 4) is 0 Å². The maximum Gasteiger partial charge on any atom is 0.0578 e. The van der Waals surface area contributed by atoms with Gasteiger partial charge in [-0.05, 0) is 42.5 Å². The van der Waals surface area contributed by atoms with Gasteiger partial charge in [-0.2, -0.15) is 0 Å². The number of rotatable bonds is 6. The molecule has 3 N–H and O–H groups in total. The van der Waals surface area contributed by atoms with E-state index in [2.05, 4.69) is 29.6 Å². The van der Waals surface area contributed by atoms with Gasteiger partial charge in [-0.1, -0.05) is 49.9 Å². The van der Waals surface area contributed by atoms with Gasteiger partial charge in [0.1, 0.15) is 0 Å². The fourth-order valence-electron chi connectivity index (χ4n) is 2.95. The zero-order valence-corrected chi connectivity index (χ0v) is 15.1. The minimum atomic E-state index is -0.329. The molecule has 0 spiro atoms. The van der Waals surface area contributed by atoms with E-state index in [0.29, 0.717) is 12.8 Å². The van der Waals surface area contributed by atoms with Crippen LogP contribution in [-0.2, 0) is 12.8 Å². The van der Waals surface area contributed by atoms with E-state index in [4.69, 9.17) is 0 Å². The Morgan fingerprint density at radius 2 is 1.54 bits per heavy atom. The highest BCUT2D eigenvalue weighted by atomic mass is 32.2. The summed E-state index contributed by atoms with van der Waals surface area (Å²) in [7, 11) is 0. The molecule has 2 atom stereocenters. The third-order valence-electron chi connectivity index (χ3n) is 4.54. The lowest BCUT2D eigenvalue weighted by Crippen LogP contribution is -2.15. The van der Waals surface area contributed by atoms with Crippen LogP contribution >= 0.6 is 11.8 Å². The van der Waals surface area contributed by atoms with Gasteiger partial charge >= 0.3 is 0 Å². The molecule has 0 saturated heterocycles. The highest BCUT2D eigenvalue weighted by Gasteiger charge is 2.23. The first-order valence-electron chi connectivity index (χ1n) is 8.67. The summed E-state index contributed by atoms with van der Waals surface area (Å²) < 4.78 is 0. The van der Waals surface area contributed by atoms with Gasteiger partial charge in [-0.3, -0.25) is 0 Å². The van der Waals surface area contributed by atoms with Crippen LogP contribution in [0.3, 0.4) is 0 Å². The fourth-order valence-corrected chi connectivity index (χ4v) is 4.11. The molecule has 0 aromatic heterocycles. The van der Waals surface area contributed by atoms with E-state index in [0.717, 1.165) is 29.8 Å². The summed E-state index contributed by atoms with van der Waals surface area (Å²) in [5.41, 5.74) is 4.50. The molecule has 3 nitrogen and oxygen atoms in total. The van der Waals surface area contributed by atoms with Crippen LogP contribution in [0.2, 0.25) is 0 Å². The van der Waals surface area contributed by atoms with Crippen LogP contribution in [-0.4, -0.2) is 22.4 Å². The second kappa shape index (κ2) is 7.60. The predicted octanol–water partition coefficient (Wildman–Crippen LogP) is 4.52. The highest BCUT2D eigenvalue weighted by Crippen LogP contribution is 2.47. The number of anilines is 2. The van der Waals surface area contributed by atoms with Gasteiger partial charge < -0.3 is 15.5 Å². The van der Waals surface area contributed by atoms with Crippen molar-refractivity contribution < 1.29 is 10.2 Å². The summed E-state index contributed by atoms with van der Waals surface area (Å²) >= 11 is 1.76. The summed E-state index contributed by atoms with van der Waals surface area (Å²) in [5, 5.41) is 23.7. The SMILES string of the molecule is CCC(O)Cc1ccc(CC(O)CC)c2c1Nc1ccccc1S2. The molecule has 2 aromatic carbocycles.